The fourth-order valence-electron chi connectivity index (χ4n) is 3.76. The number of ketones is 1. The van der Waals surface area contributed by atoms with E-state index in [4.69, 9.17) is 9.47 Å². The molecule has 3 nitrogen and oxygen atoms in total. The first-order valence-corrected chi connectivity index (χ1v) is 8.43. The van der Waals surface area contributed by atoms with Crippen molar-refractivity contribution >= 4 is 5.78 Å². The SMILES string of the molecule is O=C1c2ccccc2CCC1C(Cc1ccccc1)C1=COCO1. The van der Waals surface area contributed by atoms with Crippen LogP contribution in [0.2, 0.25) is 0 Å². The summed E-state index contributed by atoms with van der Waals surface area (Å²) in [6.45, 7) is 0.248. The lowest BCUT2D eigenvalue weighted by Gasteiger charge is -2.30. The highest BCUT2D eigenvalue weighted by atomic mass is 16.7. The zero-order valence-electron chi connectivity index (χ0n) is 13.5. The van der Waals surface area contributed by atoms with Crippen LogP contribution in [0.4, 0.5) is 0 Å². The van der Waals surface area contributed by atoms with E-state index < -0.39 is 0 Å². The van der Waals surface area contributed by atoms with Crippen LogP contribution in [-0.2, 0) is 22.3 Å². The molecule has 122 valence electrons. The molecule has 0 fully saturated rings. The van der Waals surface area contributed by atoms with Gasteiger partial charge in [0.1, 0.15) is 12.0 Å². The molecule has 3 heteroatoms. The van der Waals surface area contributed by atoms with Crippen LogP contribution < -0.4 is 0 Å². The van der Waals surface area contributed by atoms with Crippen LogP contribution in [-0.4, -0.2) is 12.6 Å². The third-order valence-corrected chi connectivity index (χ3v) is 4.99. The highest BCUT2D eigenvalue weighted by Crippen LogP contribution is 2.37. The Hall–Kier alpha value is -2.55. The predicted octanol–water partition coefficient (Wildman–Crippen LogP) is 4.14. The van der Waals surface area contributed by atoms with Crippen LogP contribution in [0.25, 0.3) is 0 Å². The summed E-state index contributed by atoms with van der Waals surface area (Å²) in [7, 11) is 0. The molecule has 2 aliphatic rings. The molecule has 2 unspecified atom stereocenters. The van der Waals surface area contributed by atoms with Crippen LogP contribution in [0.15, 0.2) is 66.6 Å². The van der Waals surface area contributed by atoms with Crippen molar-refractivity contribution in [3.8, 4) is 0 Å². The minimum absolute atomic E-state index is 0.0238. The van der Waals surface area contributed by atoms with Crippen LogP contribution in [0, 0.1) is 11.8 Å². The normalized spacial score (nSPS) is 20.6. The van der Waals surface area contributed by atoms with E-state index in [9.17, 15) is 4.79 Å². The highest BCUT2D eigenvalue weighted by Gasteiger charge is 2.37. The molecule has 4 rings (SSSR count). The number of aryl methyl sites for hydroxylation is 1. The van der Waals surface area contributed by atoms with Crippen molar-refractivity contribution in [2.24, 2.45) is 11.8 Å². The monoisotopic (exact) mass is 320 g/mol. The summed E-state index contributed by atoms with van der Waals surface area (Å²) in [5.74, 6) is 0.995. The van der Waals surface area contributed by atoms with Crippen molar-refractivity contribution in [2.45, 2.75) is 19.3 Å². The van der Waals surface area contributed by atoms with Crippen molar-refractivity contribution in [2.75, 3.05) is 6.79 Å². The van der Waals surface area contributed by atoms with Gasteiger partial charge in [-0.1, -0.05) is 54.6 Å². The van der Waals surface area contributed by atoms with Gasteiger partial charge in [-0.05, 0) is 30.4 Å². The Kier molecular flexibility index (Phi) is 4.08. The number of Topliss-reactive ketones (excluding diaryl/α,β-unsaturated/α-hetero) is 1. The van der Waals surface area contributed by atoms with Crippen LogP contribution in [0.1, 0.15) is 27.9 Å². The molecule has 2 aromatic carbocycles. The van der Waals surface area contributed by atoms with E-state index in [1.807, 2.05) is 36.4 Å². The maximum absolute atomic E-state index is 13.1. The van der Waals surface area contributed by atoms with Gasteiger partial charge in [-0.2, -0.15) is 0 Å². The minimum Gasteiger partial charge on any atom is -0.462 e. The molecular formula is C21H20O3. The number of ether oxygens (including phenoxy) is 2. The first-order valence-electron chi connectivity index (χ1n) is 8.43. The van der Waals surface area contributed by atoms with Gasteiger partial charge < -0.3 is 9.47 Å². The first-order chi connectivity index (χ1) is 11.8. The quantitative estimate of drug-likeness (QED) is 0.849. The molecule has 0 saturated heterocycles. The van der Waals surface area contributed by atoms with E-state index >= 15 is 0 Å². The number of carbonyl (C=O) groups is 1. The van der Waals surface area contributed by atoms with Gasteiger partial charge in [0.25, 0.3) is 0 Å². The van der Waals surface area contributed by atoms with E-state index in [1.54, 1.807) is 6.26 Å². The van der Waals surface area contributed by atoms with Crippen molar-refractivity contribution in [1.82, 2.24) is 0 Å². The molecule has 0 amide bonds. The van der Waals surface area contributed by atoms with Crippen molar-refractivity contribution < 1.29 is 14.3 Å². The number of carbonyl (C=O) groups excluding carboxylic acids is 1. The van der Waals surface area contributed by atoms with Gasteiger partial charge in [0, 0.05) is 17.4 Å². The van der Waals surface area contributed by atoms with Crippen molar-refractivity contribution in [3.63, 3.8) is 0 Å². The summed E-state index contributed by atoms with van der Waals surface area (Å²) in [6.07, 6.45) is 4.26. The highest BCUT2D eigenvalue weighted by molar-refractivity contribution is 6.00. The van der Waals surface area contributed by atoms with Crippen LogP contribution in [0.5, 0.6) is 0 Å². The largest absolute Gasteiger partial charge is 0.462 e. The Morgan fingerprint density at radius 1 is 1.04 bits per heavy atom. The van der Waals surface area contributed by atoms with Gasteiger partial charge in [0.2, 0.25) is 6.79 Å². The predicted molar refractivity (Wildman–Crippen MR) is 91.3 cm³/mol. The molecule has 1 aliphatic heterocycles. The summed E-state index contributed by atoms with van der Waals surface area (Å²) in [4.78, 5) is 13.1. The zero-order chi connectivity index (χ0) is 16.4. The number of fused-ring (bicyclic) bond motifs is 1. The average Bonchev–Trinajstić information content (AvgIpc) is 3.16. The second-order valence-corrected chi connectivity index (χ2v) is 6.41. The molecule has 2 aromatic rings. The van der Waals surface area contributed by atoms with Gasteiger partial charge in [0.05, 0.1) is 0 Å². The van der Waals surface area contributed by atoms with Gasteiger partial charge >= 0.3 is 0 Å². The summed E-state index contributed by atoms with van der Waals surface area (Å²) in [6, 6.07) is 18.2. The summed E-state index contributed by atoms with van der Waals surface area (Å²) >= 11 is 0. The minimum atomic E-state index is -0.0620. The fraction of sp³-hybridized carbons (Fsp3) is 0.286. The van der Waals surface area contributed by atoms with E-state index in [0.717, 1.165) is 36.1 Å². The smallest absolute Gasteiger partial charge is 0.229 e. The molecular weight excluding hydrogens is 300 g/mol. The van der Waals surface area contributed by atoms with E-state index in [2.05, 4.69) is 18.2 Å². The van der Waals surface area contributed by atoms with E-state index in [-0.39, 0.29) is 24.4 Å². The fourth-order valence-corrected chi connectivity index (χ4v) is 3.76. The lowest BCUT2D eigenvalue weighted by Crippen LogP contribution is -2.31. The van der Waals surface area contributed by atoms with E-state index in [0.29, 0.717) is 0 Å². The maximum Gasteiger partial charge on any atom is 0.229 e. The molecule has 0 saturated carbocycles. The van der Waals surface area contributed by atoms with Gasteiger partial charge in [-0.25, -0.2) is 0 Å². The molecule has 0 aromatic heterocycles. The van der Waals surface area contributed by atoms with Crippen molar-refractivity contribution in [3.05, 3.63) is 83.3 Å². The zero-order valence-corrected chi connectivity index (χ0v) is 13.5. The molecule has 0 radical (unpaired) electrons. The molecule has 0 bridgehead atoms. The standard InChI is InChI=1S/C21H20O3/c22-21-17-9-5-4-8-16(17)10-11-18(21)19(20-13-23-14-24-20)12-15-6-2-1-3-7-15/h1-9,13,18-19H,10-12,14H2. The van der Waals surface area contributed by atoms with Crippen molar-refractivity contribution in [1.29, 1.82) is 0 Å². The Morgan fingerprint density at radius 3 is 2.62 bits per heavy atom. The third kappa shape index (κ3) is 2.82. The molecule has 0 N–H and O–H groups in total. The second-order valence-electron chi connectivity index (χ2n) is 6.41. The third-order valence-electron chi connectivity index (χ3n) is 4.99. The number of rotatable bonds is 4. The second kappa shape index (κ2) is 6.52. The Bertz CT molecular complexity index is 764. The summed E-state index contributed by atoms with van der Waals surface area (Å²) in [5.41, 5.74) is 3.24. The van der Waals surface area contributed by atoms with Gasteiger partial charge in [-0.3, -0.25) is 4.79 Å². The topological polar surface area (TPSA) is 35.5 Å². The number of benzene rings is 2. The Balaban J connectivity index is 1.65. The number of hydrogen-bond acceptors (Lipinski definition) is 3. The lowest BCUT2D eigenvalue weighted by atomic mass is 9.73. The van der Waals surface area contributed by atoms with Gasteiger partial charge in [0.15, 0.2) is 5.78 Å². The molecule has 24 heavy (non-hydrogen) atoms. The van der Waals surface area contributed by atoms with E-state index in [1.165, 1.54) is 5.56 Å². The first kappa shape index (κ1) is 15.0. The molecule has 2 atom stereocenters. The van der Waals surface area contributed by atoms with Gasteiger partial charge in [-0.15, -0.1) is 0 Å². The average molecular weight is 320 g/mol. The Labute approximate surface area is 141 Å². The number of hydrogen-bond donors (Lipinski definition) is 0. The lowest BCUT2D eigenvalue weighted by molar-refractivity contribution is 0.0589. The Morgan fingerprint density at radius 2 is 1.83 bits per heavy atom. The summed E-state index contributed by atoms with van der Waals surface area (Å²) in [5, 5.41) is 0. The molecule has 0 spiro atoms. The number of allylic oxidation sites excluding steroid dienone is 1. The van der Waals surface area contributed by atoms with Crippen LogP contribution in [0.3, 0.4) is 0 Å². The maximum atomic E-state index is 13.1. The summed E-state index contributed by atoms with van der Waals surface area (Å²) < 4.78 is 10.9. The van der Waals surface area contributed by atoms with Crippen LogP contribution >= 0.6 is 0 Å². The molecule has 1 aliphatic carbocycles. The molecule has 1 heterocycles.